The zero-order chi connectivity index (χ0) is 32.8. The summed E-state index contributed by atoms with van der Waals surface area (Å²) in [4.78, 5) is 55.6. The summed E-state index contributed by atoms with van der Waals surface area (Å²) in [7, 11) is 0. The molecule has 44 heavy (non-hydrogen) atoms. The summed E-state index contributed by atoms with van der Waals surface area (Å²) in [6.07, 6.45) is 1.03. The van der Waals surface area contributed by atoms with Crippen LogP contribution in [-0.4, -0.2) is 83.9 Å². The summed E-state index contributed by atoms with van der Waals surface area (Å²) < 4.78 is 6.33. The Morgan fingerprint density at radius 2 is 1.89 bits per heavy atom. The number of halogens is 1. The number of nitrogens with zero attached hydrogens (tertiary/aromatic N) is 5. The SMILES string of the molecule is C=CC1CC1(NC(=O)C1CC(n2nnc(-c3ccc(Br)cc3C)n2)CN1C(=O)C(NC(=O)OC(C)(C)C)C(C)(C)C)C(=O)O. The van der Waals surface area contributed by atoms with Crippen LogP contribution in [0.4, 0.5) is 4.79 Å². The third kappa shape index (κ3) is 6.95. The number of hydrogen-bond acceptors (Lipinski definition) is 8. The Bertz CT molecular complexity index is 1480. The minimum atomic E-state index is -1.48. The fraction of sp³-hybridized carbons (Fsp3) is 0.567. The highest BCUT2D eigenvalue weighted by Gasteiger charge is 2.61. The number of hydrogen-bond donors (Lipinski definition) is 3. The molecule has 238 valence electrons. The average molecular weight is 675 g/mol. The Labute approximate surface area is 264 Å². The molecule has 5 atom stereocenters. The molecule has 1 aromatic carbocycles. The van der Waals surface area contributed by atoms with Gasteiger partial charge in [0.2, 0.25) is 17.6 Å². The summed E-state index contributed by atoms with van der Waals surface area (Å²) in [6.45, 7) is 16.2. The van der Waals surface area contributed by atoms with Crippen molar-refractivity contribution in [2.24, 2.45) is 11.3 Å². The van der Waals surface area contributed by atoms with Gasteiger partial charge in [0.05, 0.1) is 6.04 Å². The fourth-order valence-corrected chi connectivity index (χ4v) is 5.87. The smallest absolute Gasteiger partial charge is 0.408 e. The van der Waals surface area contributed by atoms with E-state index >= 15 is 0 Å². The molecule has 1 aromatic heterocycles. The average Bonchev–Trinajstić information content (AvgIpc) is 3.21. The van der Waals surface area contributed by atoms with Crippen molar-refractivity contribution in [2.75, 3.05) is 6.54 Å². The lowest BCUT2D eigenvalue weighted by Gasteiger charge is -2.36. The number of alkyl carbamates (subject to hydrolysis) is 1. The minimum absolute atomic E-state index is 0.0274. The van der Waals surface area contributed by atoms with Crippen LogP contribution in [0.2, 0.25) is 0 Å². The van der Waals surface area contributed by atoms with Gasteiger partial charge in [0, 0.05) is 28.9 Å². The van der Waals surface area contributed by atoms with E-state index in [4.69, 9.17) is 4.74 Å². The number of amides is 3. The van der Waals surface area contributed by atoms with Crippen molar-refractivity contribution < 1.29 is 29.0 Å². The summed E-state index contributed by atoms with van der Waals surface area (Å²) in [5.41, 5.74) is -1.33. The zero-order valence-electron chi connectivity index (χ0n) is 26.0. The minimum Gasteiger partial charge on any atom is -0.479 e. The Hall–Kier alpha value is -3.81. The monoisotopic (exact) mass is 673 g/mol. The van der Waals surface area contributed by atoms with Crippen LogP contribution in [0.3, 0.4) is 0 Å². The number of aromatic nitrogens is 4. The van der Waals surface area contributed by atoms with Crippen LogP contribution in [-0.2, 0) is 19.1 Å². The number of tetrazole rings is 1. The number of carbonyl (C=O) groups is 4. The van der Waals surface area contributed by atoms with Gasteiger partial charge in [0.15, 0.2) is 0 Å². The molecule has 14 heteroatoms. The number of carboxylic acids is 1. The van der Waals surface area contributed by atoms with E-state index in [0.29, 0.717) is 5.82 Å². The molecule has 1 aliphatic heterocycles. The molecule has 3 N–H and O–H groups in total. The van der Waals surface area contributed by atoms with Gasteiger partial charge >= 0.3 is 12.1 Å². The summed E-state index contributed by atoms with van der Waals surface area (Å²) in [6, 6.07) is 2.99. The molecular weight excluding hydrogens is 634 g/mol. The quantitative estimate of drug-likeness (QED) is 0.354. The summed E-state index contributed by atoms with van der Waals surface area (Å²) >= 11 is 3.45. The van der Waals surface area contributed by atoms with Gasteiger partial charge in [0.1, 0.15) is 23.2 Å². The first-order valence-corrected chi connectivity index (χ1v) is 15.2. The maximum atomic E-state index is 14.2. The van der Waals surface area contributed by atoms with Crippen molar-refractivity contribution in [3.05, 3.63) is 40.9 Å². The second-order valence-electron chi connectivity index (χ2n) is 13.5. The van der Waals surface area contributed by atoms with Crippen LogP contribution < -0.4 is 10.6 Å². The van der Waals surface area contributed by atoms with Crippen LogP contribution in [0.5, 0.6) is 0 Å². The highest BCUT2D eigenvalue weighted by Crippen LogP contribution is 2.45. The topological polar surface area (TPSA) is 169 Å². The summed E-state index contributed by atoms with van der Waals surface area (Å²) in [5, 5.41) is 28.3. The largest absolute Gasteiger partial charge is 0.479 e. The van der Waals surface area contributed by atoms with E-state index in [0.717, 1.165) is 15.6 Å². The Morgan fingerprint density at radius 1 is 1.20 bits per heavy atom. The van der Waals surface area contributed by atoms with Crippen molar-refractivity contribution in [1.82, 2.24) is 35.7 Å². The first-order chi connectivity index (χ1) is 20.4. The maximum absolute atomic E-state index is 14.2. The second-order valence-corrected chi connectivity index (χ2v) is 14.5. The standard InChI is InChI=1S/C30H40BrN7O6/c1-9-17-14-30(17,26(41)42)33-24(39)21-13-19(38-35-23(34-36-38)20-11-10-18(31)12-16(20)2)15-37(21)25(40)22(28(3,4)5)32-27(43)44-29(6,7)8/h9-12,17,19,21-22H,1,13-15H2,2-8H3,(H,32,43)(H,33,39)(H,41,42). The lowest BCUT2D eigenvalue weighted by Crippen LogP contribution is -2.59. The number of benzene rings is 1. The van der Waals surface area contributed by atoms with Gasteiger partial charge in [-0.25, -0.2) is 9.59 Å². The number of nitrogens with one attached hydrogen (secondary N) is 2. The van der Waals surface area contributed by atoms with E-state index in [-0.39, 0.29) is 19.4 Å². The molecule has 0 radical (unpaired) electrons. The fourth-order valence-electron chi connectivity index (χ4n) is 5.40. The second kappa shape index (κ2) is 11.9. The third-order valence-corrected chi connectivity index (χ3v) is 8.34. The molecule has 2 fully saturated rings. The number of ether oxygens (including phenoxy) is 1. The molecule has 3 amide bonds. The molecule has 1 aliphatic carbocycles. The van der Waals surface area contributed by atoms with Crippen LogP contribution >= 0.6 is 15.9 Å². The number of carbonyl (C=O) groups excluding carboxylic acids is 3. The Kier molecular flexibility index (Phi) is 8.98. The lowest BCUT2D eigenvalue weighted by molar-refractivity contribution is -0.146. The van der Waals surface area contributed by atoms with E-state index in [2.05, 4.69) is 48.6 Å². The van der Waals surface area contributed by atoms with Crippen molar-refractivity contribution >= 4 is 39.8 Å². The van der Waals surface area contributed by atoms with Crippen LogP contribution in [0.25, 0.3) is 11.4 Å². The third-order valence-electron chi connectivity index (χ3n) is 7.85. The molecule has 5 unspecified atom stereocenters. The summed E-state index contributed by atoms with van der Waals surface area (Å²) in [5.74, 6) is -2.36. The Morgan fingerprint density at radius 3 is 2.43 bits per heavy atom. The molecular formula is C30H40BrN7O6. The van der Waals surface area contributed by atoms with Crippen LogP contribution in [0.1, 0.15) is 66.0 Å². The van der Waals surface area contributed by atoms with E-state index in [9.17, 15) is 24.3 Å². The van der Waals surface area contributed by atoms with Crippen molar-refractivity contribution in [2.45, 2.75) is 90.6 Å². The Balaban J connectivity index is 1.66. The van der Waals surface area contributed by atoms with Gasteiger partial charge in [-0.1, -0.05) is 42.8 Å². The predicted molar refractivity (Wildman–Crippen MR) is 164 cm³/mol. The number of carboxylic acid groups (broad SMARTS) is 1. The number of aliphatic carboxylic acids is 1. The first-order valence-electron chi connectivity index (χ1n) is 14.4. The highest BCUT2D eigenvalue weighted by atomic mass is 79.9. The van der Waals surface area contributed by atoms with Gasteiger partial charge in [-0.2, -0.15) is 4.80 Å². The van der Waals surface area contributed by atoms with Crippen molar-refractivity contribution in [1.29, 1.82) is 0 Å². The molecule has 1 saturated heterocycles. The van der Waals surface area contributed by atoms with Crippen LogP contribution in [0.15, 0.2) is 35.3 Å². The molecule has 2 aliphatic rings. The molecule has 2 heterocycles. The molecule has 4 rings (SSSR count). The molecule has 1 saturated carbocycles. The van der Waals surface area contributed by atoms with Crippen molar-refractivity contribution in [3.8, 4) is 11.4 Å². The van der Waals surface area contributed by atoms with Gasteiger partial charge in [-0.15, -0.1) is 16.8 Å². The van der Waals surface area contributed by atoms with E-state index < -0.39 is 64.5 Å². The van der Waals surface area contributed by atoms with Crippen molar-refractivity contribution in [3.63, 3.8) is 0 Å². The highest BCUT2D eigenvalue weighted by molar-refractivity contribution is 9.10. The zero-order valence-corrected chi connectivity index (χ0v) is 27.6. The van der Waals surface area contributed by atoms with E-state index in [1.807, 2.05) is 25.1 Å². The van der Waals surface area contributed by atoms with Gasteiger partial charge < -0.3 is 25.4 Å². The lowest BCUT2D eigenvalue weighted by atomic mass is 9.85. The predicted octanol–water partition coefficient (Wildman–Crippen LogP) is 3.64. The first kappa shape index (κ1) is 33.1. The van der Waals surface area contributed by atoms with Gasteiger partial charge in [-0.05, 0) is 68.5 Å². The number of rotatable bonds is 8. The van der Waals surface area contributed by atoms with Gasteiger partial charge in [-0.3, -0.25) is 9.59 Å². The molecule has 13 nitrogen and oxygen atoms in total. The van der Waals surface area contributed by atoms with E-state index in [1.165, 1.54) is 15.8 Å². The molecule has 0 bridgehead atoms. The normalized spacial score (nSPS) is 23.9. The maximum Gasteiger partial charge on any atom is 0.408 e. The molecule has 2 aromatic rings. The van der Waals surface area contributed by atoms with Gasteiger partial charge in [0.25, 0.3) is 0 Å². The number of aryl methyl sites for hydroxylation is 1. The van der Waals surface area contributed by atoms with E-state index in [1.54, 1.807) is 41.5 Å². The molecule has 0 spiro atoms. The van der Waals surface area contributed by atoms with Crippen LogP contribution in [0, 0.1) is 18.3 Å². The number of likely N-dealkylation sites (tertiary alicyclic amines) is 1.